The summed E-state index contributed by atoms with van der Waals surface area (Å²) in [4.78, 5) is 24.5. The minimum Gasteiger partial charge on any atom is -0.372 e. The normalized spacial score (nSPS) is 23.3. The van der Waals surface area contributed by atoms with E-state index in [1.54, 1.807) is 0 Å². The molecular formula is C22H30N4O2S. The van der Waals surface area contributed by atoms with Crippen LogP contribution in [-0.4, -0.2) is 53.0 Å². The van der Waals surface area contributed by atoms with Crippen molar-refractivity contribution in [1.29, 1.82) is 0 Å². The molecule has 1 aromatic heterocycles. The second-order valence-electron chi connectivity index (χ2n) is 8.19. The molecule has 6 nitrogen and oxygen atoms in total. The van der Waals surface area contributed by atoms with Gasteiger partial charge in [0.05, 0.1) is 29.0 Å². The zero-order valence-electron chi connectivity index (χ0n) is 17.3. The van der Waals surface area contributed by atoms with Crippen LogP contribution in [0.25, 0.3) is 11.0 Å². The number of thioether (sulfide) groups is 1. The van der Waals surface area contributed by atoms with Crippen molar-refractivity contribution in [2.75, 3.05) is 23.7 Å². The van der Waals surface area contributed by atoms with Gasteiger partial charge < -0.3 is 15.0 Å². The Kier molecular flexibility index (Phi) is 6.55. The Morgan fingerprint density at radius 3 is 2.45 bits per heavy atom. The molecule has 2 aliphatic rings. The highest BCUT2D eigenvalue weighted by atomic mass is 32.2. The number of morpholine rings is 1. The SMILES string of the molecule is CC1CN(c2nc3ccccc3nc2SCC(=O)NC2CCCCC2)CC(C)O1. The lowest BCUT2D eigenvalue weighted by molar-refractivity contribution is -0.119. The van der Waals surface area contributed by atoms with Crippen molar-refractivity contribution in [2.24, 2.45) is 0 Å². The molecule has 1 N–H and O–H groups in total. The van der Waals surface area contributed by atoms with E-state index in [4.69, 9.17) is 14.7 Å². The summed E-state index contributed by atoms with van der Waals surface area (Å²) in [7, 11) is 0. The Hall–Kier alpha value is -1.86. The Bertz CT molecular complexity index is 846. The van der Waals surface area contributed by atoms with E-state index < -0.39 is 0 Å². The summed E-state index contributed by atoms with van der Waals surface area (Å²) in [5.74, 6) is 1.32. The first kappa shape index (κ1) is 20.4. The molecule has 1 amide bonds. The van der Waals surface area contributed by atoms with Crippen LogP contribution in [0.2, 0.25) is 0 Å². The minimum atomic E-state index is 0.0894. The van der Waals surface area contributed by atoms with E-state index in [9.17, 15) is 4.79 Å². The van der Waals surface area contributed by atoms with Gasteiger partial charge in [-0.2, -0.15) is 0 Å². The van der Waals surface area contributed by atoms with Crippen molar-refractivity contribution in [3.63, 3.8) is 0 Å². The molecule has 1 aliphatic heterocycles. The number of carbonyl (C=O) groups excluding carboxylic acids is 1. The molecule has 0 radical (unpaired) electrons. The molecule has 2 aromatic rings. The number of aromatic nitrogens is 2. The average Bonchev–Trinajstić information content (AvgIpc) is 2.71. The first-order chi connectivity index (χ1) is 14.1. The lowest BCUT2D eigenvalue weighted by Crippen LogP contribution is -2.46. The summed E-state index contributed by atoms with van der Waals surface area (Å²) in [6, 6.07) is 8.25. The first-order valence-corrected chi connectivity index (χ1v) is 11.7. The van der Waals surface area contributed by atoms with Crippen molar-refractivity contribution in [2.45, 2.75) is 69.2 Å². The molecule has 1 saturated carbocycles. The summed E-state index contributed by atoms with van der Waals surface area (Å²) in [6.07, 6.45) is 6.19. The van der Waals surface area contributed by atoms with Gasteiger partial charge in [-0.15, -0.1) is 0 Å². The van der Waals surface area contributed by atoms with Crippen molar-refractivity contribution in [1.82, 2.24) is 15.3 Å². The van der Waals surface area contributed by atoms with Crippen LogP contribution in [0, 0.1) is 0 Å². The number of hydrogen-bond donors (Lipinski definition) is 1. The van der Waals surface area contributed by atoms with Crippen LogP contribution >= 0.6 is 11.8 Å². The van der Waals surface area contributed by atoms with Gasteiger partial charge in [0, 0.05) is 19.1 Å². The van der Waals surface area contributed by atoms with Gasteiger partial charge in [0.1, 0.15) is 5.03 Å². The van der Waals surface area contributed by atoms with Crippen LogP contribution in [-0.2, 0) is 9.53 Å². The zero-order chi connectivity index (χ0) is 20.2. The van der Waals surface area contributed by atoms with Gasteiger partial charge >= 0.3 is 0 Å². The standard InChI is InChI=1S/C22H30N4O2S/c1-15-12-26(13-16(2)28-15)21-22(25-19-11-7-6-10-18(19)24-21)29-14-20(27)23-17-8-4-3-5-9-17/h6-7,10-11,15-17H,3-5,8-9,12-14H2,1-2H3,(H,23,27). The van der Waals surface area contributed by atoms with Crippen LogP contribution < -0.4 is 10.2 Å². The second kappa shape index (κ2) is 9.30. The van der Waals surface area contributed by atoms with E-state index in [2.05, 4.69) is 24.1 Å². The predicted octanol–water partition coefficient (Wildman–Crippen LogP) is 3.78. The topological polar surface area (TPSA) is 67.4 Å². The molecule has 2 heterocycles. The molecule has 2 unspecified atom stereocenters. The molecule has 29 heavy (non-hydrogen) atoms. The summed E-state index contributed by atoms with van der Waals surface area (Å²) >= 11 is 1.49. The number of fused-ring (bicyclic) bond motifs is 1. The van der Waals surface area contributed by atoms with Gasteiger partial charge in [-0.25, -0.2) is 9.97 Å². The smallest absolute Gasteiger partial charge is 0.230 e. The number of nitrogens with zero attached hydrogens (tertiary/aromatic N) is 3. The summed E-state index contributed by atoms with van der Waals surface area (Å²) in [5.41, 5.74) is 1.74. The highest BCUT2D eigenvalue weighted by Gasteiger charge is 2.26. The Morgan fingerprint density at radius 1 is 1.10 bits per heavy atom. The number of amides is 1. The number of ether oxygens (including phenoxy) is 1. The van der Waals surface area contributed by atoms with Crippen molar-refractivity contribution < 1.29 is 9.53 Å². The van der Waals surface area contributed by atoms with Crippen LogP contribution in [0.5, 0.6) is 0 Å². The van der Waals surface area contributed by atoms with Gasteiger partial charge in [-0.3, -0.25) is 4.79 Å². The maximum Gasteiger partial charge on any atom is 0.230 e. The fraction of sp³-hybridized carbons (Fsp3) is 0.591. The molecule has 1 saturated heterocycles. The van der Waals surface area contributed by atoms with Gasteiger partial charge in [-0.1, -0.05) is 43.2 Å². The van der Waals surface area contributed by atoms with E-state index in [0.717, 1.165) is 47.8 Å². The number of benzene rings is 1. The van der Waals surface area contributed by atoms with Crippen LogP contribution in [0.4, 0.5) is 5.82 Å². The lowest BCUT2D eigenvalue weighted by Gasteiger charge is -2.36. The monoisotopic (exact) mass is 414 g/mol. The largest absolute Gasteiger partial charge is 0.372 e. The molecule has 7 heteroatoms. The highest BCUT2D eigenvalue weighted by molar-refractivity contribution is 8.00. The van der Waals surface area contributed by atoms with Gasteiger partial charge in [0.25, 0.3) is 0 Å². The number of hydrogen-bond acceptors (Lipinski definition) is 6. The zero-order valence-corrected chi connectivity index (χ0v) is 18.1. The Labute approximate surface area is 176 Å². The number of nitrogens with one attached hydrogen (secondary N) is 1. The number of carbonyl (C=O) groups is 1. The van der Waals surface area contributed by atoms with Crippen LogP contribution in [0.1, 0.15) is 46.0 Å². The minimum absolute atomic E-state index is 0.0894. The van der Waals surface area contributed by atoms with Gasteiger partial charge in [0.15, 0.2) is 5.82 Å². The molecule has 4 rings (SSSR count). The quantitative estimate of drug-likeness (QED) is 0.751. The first-order valence-electron chi connectivity index (χ1n) is 10.7. The fourth-order valence-electron chi connectivity index (χ4n) is 4.28. The molecule has 1 aliphatic carbocycles. The highest BCUT2D eigenvalue weighted by Crippen LogP contribution is 2.31. The maximum atomic E-state index is 12.5. The number of anilines is 1. The third kappa shape index (κ3) is 5.20. The van der Waals surface area contributed by atoms with E-state index >= 15 is 0 Å². The third-order valence-corrected chi connectivity index (χ3v) is 6.50. The van der Waals surface area contributed by atoms with E-state index in [1.165, 1.54) is 31.0 Å². The van der Waals surface area contributed by atoms with E-state index in [0.29, 0.717) is 11.8 Å². The van der Waals surface area contributed by atoms with E-state index in [1.807, 2.05) is 24.3 Å². The maximum absolute atomic E-state index is 12.5. The molecule has 2 fully saturated rings. The Balaban J connectivity index is 1.52. The molecular weight excluding hydrogens is 384 g/mol. The van der Waals surface area contributed by atoms with Crippen molar-refractivity contribution >= 4 is 34.5 Å². The molecule has 1 aromatic carbocycles. The molecule has 156 valence electrons. The molecule has 0 spiro atoms. The molecule has 0 bridgehead atoms. The number of para-hydroxylation sites is 2. The second-order valence-corrected chi connectivity index (χ2v) is 9.16. The summed E-state index contributed by atoms with van der Waals surface area (Å²) in [5, 5.41) is 4.02. The van der Waals surface area contributed by atoms with Crippen LogP contribution in [0.3, 0.4) is 0 Å². The Morgan fingerprint density at radius 2 is 1.76 bits per heavy atom. The van der Waals surface area contributed by atoms with Gasteiger partial charge in [0.2, 0.25) is 5.91 Å². The van der Waals surface area contributed by atoms with E-state index in [-0.39, 0.29) is 18.1 Å². The number of rotatable bonds is 5. The molecule has 2 atom stereocenters. The predicted molar refractivity (Wildman–Crippen MR) is 117 cm³/mol. The van der Waals surface area contributed by atoms with Crippen molar-refractivity contribution in [3.05, 3.63) is 24.3 Å². The third-order valence-electron chi connectivity index (χ3n) is 5.55. The van der Waals surface area contributed by atoms with Crippen LogP contribution in [0.15, 0.2) is 29.3 Å². The lowest BCUT2D eigenvalue weighted by atomic mass is 9.95. The van der Waals surface area contributed by atoms with Gasteiger partial charge in [-0.05, 0) is 38.8 Å². The van der Waals surface area contributed by atoms with Crippen molar-refractivity contribution in [3.8, 4) is 0 Å². The fourth-order valence-corrected chi connectivity index (χ4v) is 5.10. The summed E-state index contributed by atoms with van der Waals surface area (Å²) in [6.45, 7) is 5.72. The summed E-state index contributed by atoms with van der Waals surface area (Å²) < 4.78 is 5.89. The average molecular weight is 415 g/mol.